The third-order valence-electron chi connectivity index (χ3n) is 2.57. The SMILES string of the molecule is C#CCN(CC(=O)O)C(=O)NC(CN(C)C)C(C)C. The van der Waals surface area contributed by atoms with Crippen LogP contribution in [0.3, 0.4) is 0 Å². The van der Waals surface area contributed by atoms with Crippen LogP contribution in [0.25, 0.3) is 0 Å². The van der Waals surface area contributed by atoms with Gasteiger partial charge in [0.2, 0.25) is 0 Å². The smallest absolute Gasteiger partial charge is 0.323 e. The maximum atomic E-state index is 12.0. The van der Waals surface area contributed by atoms with E-state index < -0.39 is 18.5 Å². The lowest BCUT2D eigenvalue weighted by Gasteiger charge is -2.28. The number of rotatable bonds is 7. The van der Waals surface area contributed by atoms with Crippen molar-refractivity contribution >= 4 is 12.0 Å². The first-order chi connectivity index (χ1) is 8.77. The lowest BCUT2D eigenvalue weighted by Crippen LogP contribution is -2.51. The summed E-state index contributed by atoms with van der Waals surface area (Å²) in [6, 6.07) is -0.502. The molecule has 0 aromatic rings. The maximum Gasteiger partial charge on any atom is 0.323 e. The number of likely N-dealkylation sites (N-methyl/N-ethyl adjacent to an activating group) is 1. The Kier molecular flexibility index (Phi) is 7.61. The highest BCUT2D eigenvalue weighted by Gasteiger charge is 2.21. The van der Waals surface area contributed by atoms with Crippen molar-refractivity contribution < 1.29 is 14.7 Å². The molecule has 0 aliphatic carbocycles. The third kappa shape index (κ3) is 7.32. The molecule has 2 N–H and O–H groups in total. The number of amides is 2. The molecule has 0 heterocycles. The molecule has 0 bridgehead atoms. The van der Waals surface area contributed by atoms with Gasteiger partial charge in [-0.3, -0.25) is 4.79 Å². The monoisotopic (exact) mass is 269 g/mol. The standard InChI is InChI=1S/C13H23N3O3/c1-6-7-16(9-12(17)18)13(19)14-11(10(2)3)8-15(4)5/h1,10-11H,7-9H2,2-5H3,(H,14,19)(H,17,18). The minimum atomic E-state index is -1.08. The number of urea groups is 1. The fraction of sp³-hybridized carbons (Fsp3) is 0.692. The molecule has 0 aliphatic heterocycles. The predicted octanol–water partition coefficient (Wildman–Crippen LogP) is 0.302. The summed E-state index contributed by atoms with van der Waals surface area (Å²) in [4.78, 5) is 25.8. The van der Waals surface area contributed by atoms with E-state index in [1.165, 1.54) is 0 Å². The highest BCUT2D eigenvalue weighted by Crippen LogP contribution is 2.04. The van der Waals surface area contributed by atoms with E-state index in [-0.39, 0.29) is 18.5 Å². The highest BCUT2D eigenvalue weighted by molar-refractivity contribution is 5.80. The van der Waals surface area contributed by atoms with Gasteiger partial charge in [-0.15, -0.1) is 6.42 Å². The summed E-state index contributed by atoms with van der Waals surface area (Å²) in [5, 5.41) is 11.6. The van der Waals surface area contributed by atoms with Gasteiger partial charge >= 0.3 is 12.0 Å². The lowest BCUT2D eigenvalue weighted by molar-refractivity contribution is -0.137. The molecule has 0 saturated carbocycles. The normalized spacial score (nSPS) is 12.1. The summed E-state index contributed by atoms with van der Waals surface area (Å²) in [6.07, 6.45) is 5.14. The molecule has 1 unspecified atom stereocenters. The Morgan fingerprint density at radius 3 is 2.32 bits per heavy atom. The summed E-state index contributed by atoms with van der Waals surface area (Å²) in [5.74, 6) is 1.44. The first-order valence-electron chi connectivity index (χ1n) is 6.13. The van der Waals surface area contributed by atoms with E-state index in [4.69, 9.17) is 11.5 Å². The van der Waals surface area contributed by atoms with Crippen LogP contribution in [0.15, 0.2) is 0 Å². The Balaban J connectivity index is 4.66. The number of carbonyl (C=O) groups is 2. The fourth-order valence-electron chi connectivity index (χ4n) is 1.54. The number of aliphatic carboxylic acids is 1. The van der Waals surface area contributed by atoms with Gasteiger partial charge < -0.3 is 20.2 Å². The van der Waals surface area contributed by atoms with Crippen molar-refractivity contribution in [1.82, 2.24) is 15.1 Å². The molecule has 0 saturated heterocycles. The lowest BCUT2D eigenvalue weighted by atomic mass is 10.0. The van der Waals surface area contributed by atoms with E-state index in [9.17, 15) is 9.59 Å². The van der Waals surface area contributed by atoms with Gasteiger partial charge in [0.05, 0.1) is 6.54 Å². The molecule has 19 heavy (non-hydrogen) atoms. The molecule has 0 fully saturated rings. The molecular weight excluding hydrogens is 246 g/mol. The number of terminal acetylenes is 1. The van der Waals surface area contributed by atoms with Gasteiger partial charge in [-0.25, -0.2) is 4.79 Å². The van der Waals surface area contributed by atoms with E-state index in [1.54, 1.807) is 0 Å². The number of carboxylic acids is 1. The molecule has 6 nitrogen and oxygen atoms in total. The molecule has 0 aliphatic rings. The zero-order valence-corrected chi connectivity index (χ0v) is 12.0. The highest BCUT2D eigenvalue weighted by atomic mass is 16.4. The van der Waals surface area contributed by atoms with E-state index >= 15 is 0 Å². The summed E-state index contributed by atoms with van der Waals surface area (Å²) in [6.45, 7) is 4.25. The molecule has 6 heteroatoms. The topological polar surface area (TPSA) is 72.9 Å². The van der Waals surface area contributed by atoms with Crippen molar-refractivity contribution in [3.63, 3.8) is 0 Å². The number of nitrogens with one attached hydrogen (secondary N) is 1. The van der Waals surface area contributed by atoms with Crippen molar-refractivity contribution in [2.24, 2.45) is 5.92 Å². The first-order valence-corrected chi connectivity index (χ1v) is 6.13. The second kappa shape index (κ2) is 8.38. The summed E-state index contributed by atoms with van der Waals surface area (Å²) >= 11 is 0. The van der Waals surface area contributed by atoms with Gasteiger partial charge in [0.1, 0.15) is 6.54 Å². The van der Waals surface area contributed by atoms with Crippen LogP contribution < -0.4 is 5.32 Å². The van der Waals surface area contributed by atoms with E-state index in [1.807, 2.05) is 32.8 Å². The van der Waals surface area contributed by atoms with Crippen molar-refractivity contribution in [3.8, 4) is 12.3 Å². The van der Waals surface area contributed by atoms with Crippen molar-refractivity contribution in [1.29, 1.82) is 0 Å². The van der Waals surface area contributed by atoms with Crippen LogP contribution in [0.2, 0.25) is 0 Å². The van der Waals surface area contributed by atoms with Crippen molar-refractivity contribution in [3.05, 3.63) is 0 Å². The van der Waals surface area contributed by atoms with Crippen molar-refractivity contribution in [2.45, 2.75) is 19.9 Å². The molecule has 0 rings (SSSR count). The number of hydrogen-bond acceptors (Lipinski definition) is 3. The zero-order chi connectivity index (χ0) is 15.0. The Hall–Kier alpha value is -1.74. The second-order valence-electron chi connectivity index (χ2n) is 5.02. The Labute approximate surface area is 114 Å². The molecule has 0 aromatic carbocycles. The summed E-state index contributed by atoms with van der Waals surface area (Å²) in [5.41, 5.74) is 0. The van der Waals surface area contributed by atoms with Crippen LogP contribution in [0.1, 0.15) is 13.8 Å². The minimum Gasteiger partial charge on any atom is -0.480 e. The average molecular weight is 269 g/mol. The Bertz CT molecular complexity index is 348. The number of hydrogen-bond donors (Lipinski definition) is 2. The number of nitrogens with zero attached hydrogens (tertiary/aromatic N) is 2. The van der Waals surface area contributed by atoms with Gasteiger partial charge in [-0.05, 0) is 20.0 Å². The van der Waals surface area contributed by atoms with Crippen LogP contribution >= 0.6 is 0 Å². The largest absolute Gasteiger partial charge is 0.480 e. The number of carboxylic acid groups (broad SMARTS) is 1. The summed E-state index contributed by atoms with van der Waals surface area (Å²) in [7, 11) is 3.83. The quantitative estimate of drug-likeness (QED) is 0.652. The van der Waals surface area contributed by atoms with Gasteiger partial charge in [0, 0.05) is 12.6 Å². The number of carbonyl (C=O) groups excluding carboxylic acids is 1. The molecule has 0 radical (unpaired) electrons. The van der Waals surface area contributed by atoms with Gasteiger partial charge in [-0.2, -0.15) is 0 Å². The molecular formula is C13H23N3O3. The van der Waals surface area contributed by atoms with E-state index in [0.29, 0.717) is 6.54 Å². The minimum absolute atomic E-state index is 0.0229. The van der Waals surface area contributed by atoms with Crippen LogP contribution in [0.5, 0.6) is 0 Å². The third-order valence-corrected chi connectivity index (χ3v) is 2.57. The Morgan fingerprint density at radius 1 is 1.37 bits per heavy atom. The average Bonchev–Trinajstić information content (AvgIpc) is 2.26. The van der Waals surface area contributed by atoms with Crippen molar-refractivity contribution in [2.75, 3.05) is 33.7 Å². The Morgan fingerprint density at radius 2 is 1.95 bits per heavy atom. The summed E-state index contributed by atoms with van der Waals surface area (Å²) < 4.78 is 0. The van der Waals surface area contributed by atoms with Gasteiger partial charge in [0.15, 0.2) is 0 Å². The zero-order valence-electron chi connectivity index (χ0n) is 12.0. The predicted molar refractivity (Wildman–Crippen MR) is 73.8 cm³/mol. The van der Waals surface area contributed by atoms with Gasteiger partial charge in [-0.1, -0.05) is 19.8 Å². The maximum absolute atomic E-state index is 12.0. The molecule has 0 spiro atoms. The van der Waals surface area contributed by atoms with Gasteiger partial charge in [0.25, 0.3) is 0 Å². The van der Waals surface area contributed by atoms with E-state index in [0.717, 1.165) is 4.90 Å². The van der Waals surface area contributed by atoms with E-state index in [2.05, 4.69) is 11.2 Å². The van der Waals surface area contributed by atoms with Crippen LogP contribution in [-0.2, 0) is 4.79 Å². The first kappa shape index (κ1) is 17.3. The molecule has 1 atom stereocenters. The fourth-order valence-corrected chi connectivity index (χ4v) is 1.54. The molecule has 108 valence electrons. The molecule has 0 aromatic heterocycles. The van der Waals surface area contributed by atoms with Crippen LogP contribution in [0.4, 0.5) is 4.79 Å². The molecule has 2 amide bonds. The second-order valence-corrected chi connectivity index (χ2v) is 5.02. The van der Waals surface area contributed by atoms with Crippen LogP contribution in [-0.4, -0.2) is 66.7 Å². The van der Waals surface area contributed by atoms with Crippen LogP contribution in [0, 0.1) is 18.3 Å².